The predicted octanol–water partition coefficient (Wildman–Crippen LogP) is 6.65. The first-order chi connectivity index (χ1) is 15.8. The minimum atomic E-state index is -3.90. The summed E-state index contributed by atoms with van der Waals surface area (Å²) in [6, 6.07) is 18.0. The van der Waals surface area contributed by atoms with Crippen LogP contribution < -0.4 is 15.4 Å². The number of nitrogens with one attached hydrogen (secondary N) is 3. The van der Waals surface area contributed by atoms with Gasteiger partial charge in [0.25, 0.3) is 10.0 Å². The van der Waals surface area contributed by atoms with E-state index in [4.69, 9.17) is 11.6 Å². The molecule has 0 atom stereocenters. The largest absolute Gasteiger partial charge is 0.323 e. The highest BCUT2D eigenvalue weighted by molar-refractivity contribution is 7.92. The Bertz CT molecular complexity index is 1400. The lowest BCUT2D eigenvalue weighted by molar-refractivity contribution is 0.262. The molecule has 33 heavy (non-hydrogen) atoms. The van der Waals surface area contributed by atoms with Crippen LogP contribution in [0, 0.1) is 5.82 Å². The lowest BCUT2D eigenvalue weighted by Gasteiger charge is -2.14. The minimum absolute atomic E-state index is 0.0227. The highest BCUT2D eigenvalue weighted by atomic mass is 35.5. The Balaban J connectivity index is 1.64. The van der Waals surface area contributed by atoms with Crippen LogP contribution in [0.4, 0.5) is 26.2 Å². The van der Waals surface area contributed by atoms with Crippen LogP contribution in [0.25, 0.3) is 11.1 Å². The predicted molar refractivity (Wildman–Crippen MR) is 131 cm³/mol. The van der Waals surface area contributed by atoms with Crippen molar-refractivity contribution in [2.45, 2.75) is 4.90 Å². The summed E-state index contributed by atoms with van der Waals surface area (Å²) in [4.78, 5) is 12.6. The molecule has 1 aromatic heterocycles. The molecule has 1 heterocycles. The van der Waals surface area contributed by atoms with E-state index < -0.39 is 21.9 Å². The Hall–Kier alpha value is -3.40. The number of anilines is 3. The number of sulfonamides is 1. The molecular weight excluding hydrogens is 485 g/mol. The molecule has 4 rings (SSSR count). The number of hydrogen-bond acceptors (Lipinski definition) is 4. The van der Waals surface area contributed by atoms with Gasteiger partial charge in [0.05, 0.1) is 15.6 Å². The maximum absolute atomic E-state index is 13.4. The number of benzene rings is 3. The molecule has 0 radical (unpaired) electrons. The molecule has 0 aliphatic heterocycles. The van der Waals surface area contributed by atoms with Gasteiger partial charge in [-0.3, -0.25) is 4.72 Å². The van der Waals surface area contributed by atoms with Gasteiger partial charge in [-0.25, -0.2) is 17.6 Å². The molecule has 0 aliphatic carbocycles. The summed E-state index contributed by atoms with van der Waals surface area (Å²) in [5, 5.41) is 8.88. The fraction of sp³-hybridized carbons (Fsp3) is 0. The maximum Gasteiger partial charge on any atom is 0.323 e. The molecule has 0 unspecified atom stereocenters. The summed E-state index contributed by atoms with van der Waals surface area (Å²) in [6.45, 7) is 0. The summed E-state index contributed by atoms with van der Waals surface area (Å²) in [7, 11) is -3.90. The molecule has 0 bridgehead atoms. The molecule has 0 saturated carbocycles. The zero-order chi connectivity index (χ0) is 23.4. The van der Waals surface area contributed by atoms with Crippen LogP contribution in [0.2, 0.25) is 5.02 Å². The third-order valence-corrected chi connectivity index (χ3v) is 6.94. The van der Waals surface area contributed by atoms with Gasteiger partial charge >= 0.3 is 6.03 Å². The van der Waals surface area contributed by atoms with Gasteiger partial charge in [-0.15, -0.1) is 0 Å². The maximum atomic E-state index is 13.4. The Morgan fingerprint density at radius 2 is 1.70 bits per heavy atom. The number of para-hydroxylation sites is 1. The van der Waals surface area contributed by atoms with Crippen LogP contribution in [0.15, 0.2) is 88.5 Å². The lowest BCUT2D eigenvalue weighted by atomic mass is 10.1. The second-order valence-electron chi connectivity index (χ2n) is 6.90. The Morgan fingerprint density at radius 3 is 2.39 bits per heavy atom. The van der Waals surface area contributed by atoms with Crippen molar-refractivity contribution in [3.63, 3.8) is 0 Å². The smallest absolute Gasteiger partial charge is 0.308 e. The second-order valence-corrected chi connectivity index (χ2v) is 9.77. The van der Waals surface area contributed by atoms with E-state index in [-0.39, 0.29) is 21.3 Å². The van der Waals surface area contributed by atoms with E-state index in [9.17, 15) is 17.6 Å². The van der Waals surface area contributed by atoms with Gasteiger partial charge in [0, 0.05) is 16.9 Å². The molecule has 3 N–H and O–H groups in total. The van der Waals surface area contributed by atoms with Crippen molar-refractivity contribution in [3.8, 4) is 11.1 Å². The van der Waals surface area contributed by atoms with Gasteiger partial charge in [0.2, 0.25) is 0 Å². The summed E-state index contributed by atoms with van der Waals surface area (Å²) < 4.78 is 41.7. The van der Waals surface area contributed by atoms with Crippen LogP contribution in [0.5, 0.6) is 0 Å². The van der Waals surface area contributed by atoms with Crippen LogP contribution in [0.1, 0.15) is 0 Å². The number of halogens is 2. The van der Waals surface area contributed by atoms with Gasteiger partial charge in [0.15, 0.2) is 0 Å². The molecule has 4 aromatic rings. The van der Waals surface area contributed by atoms with Crippen molar-refractivity contribution in [1.29, 1.82) is 0 Å². The van der Waals surface area contributed by atoms with Crippen LogP contribution in [-0.4, -0.2) is 14.4 Å². The summed E-state index contributed by atoms with van der Waals surface area (Å²) in [5.41, 5.74) is 2.45. The van der Waals surface area contributed by atoms with E-state index >= 15 is 0 Å². The topological polar surface area (TPSA) is 87.3 Å². The summed E-state index contributed by atoms with van der Waals surface area (Å²) in [6.07, 6.45) is 0. The highest BCUT2D eigenvalue weighted by Crippen LogP contribution is 2.32. The molecule has 6 nitrogen and oxygen atoms in total. The molecular formula is C23H17ClFN3O3S2. The van der Waals surface area contributed by atoms with Crippen LogP contribution in [-0.2, 0) is 10.0 Å². The first-order valence-corrected chi connectivity index (χ1v) is 12.4. The zero-order valence-electron chi connectivity index (χ0n) is 16.9. The number of carbonyl (C=O) groups is 1. The molecule has 10 heteroatoms. The van der Waals surface area contributed by atoms with Crippen molar-refractivity contribution >= 4 is 56.1 Å². The Kier molecular flexibility index (Phi) is 6.64. The molecule has 0 aliphatic rings. The Labute approximate surface area is 199 Å². The normalized spacial score (nSPS) is 11.1. The lowest BCUT2D eigenvalue weighted by Crippen LogP contribution is -2.20. The van der Waals surface area contributed by atoms with Crippen molar-refractivity contribution in [1.82, 2.24) is 0 Å². The summed E-state index contributed by atoms with van der Waals surface area (Å²) in [5.74, 6) is -0.605. The molecule has 3 aromatic carbocycles. The summed E-state index contributed by atoms with van der Waals surface area (Å²) >= 11 is 7.24. The van der Waals surface area contributed by atoms with E-state index in [2.05, 4.69) is 15.4 Å². The number of thiophene rings is 1. The molecule has 0 spiro atoms. The van der Waals surface area contributed by atoms with Gasteiger partial charge in [-0.2, -0.15) is 11.3 Å². The van der Waals surface area contributed by atoms with E-state index in [1.54, 1.807) is 36.4 Å². The van der Waals surface area contributed by atoms with Crippen molar-refractivity contribution in [3.05, 3.63) is 94.4 Å². The van der Waals surface area contributed by atoms with E-state index in [1.807, 2.05) is 16.8 Å². The van der Waals surface area contributed by atoms with Gasteiger partial charge in [0.1, 0.15) is 5.82 Å². The minimum Gasteiger partial charge on any atom is -0.308 e. The standard InChI is InChI=1S/C23H17ClFN3O3S2/c24-20-12-17(6-9-21(20)25)26-23(29)27-22-13-18(7-8-19(22)15-10-11-32-14-15)33(30,31)28-16-4-2-1-3-5-16/h1-14,28H,(H2,26,27,29). The molecule has 0 fully saturated rings. The fourth-order valence-electron chi connectivity index (χ4n) is 3.04. The first kappa shape index (κ1) is 22.8. The zero-order valence-corrected chi connectivity index (χ0v) is 19.3. The second kappa shape index (κ2) is 9.62. The van der Waals surface area contributed by atoms with Crippen molar-refractivity contribution < 1.29 is 17.6 Å². The van der Waals surface area contributed by atoms with Crippen molar-refractivity contribution in [2.24, 2.45) is 0 Å². The number of amides is 2. The van der Waals surface area contributed by atoms with E-state index in [1.165, 1.54) is 35.6 Å². The number of hydrogen-bond donors (Lipinski definition) is 3. The highest BCUT2D eigenvalue weighted by Gasteiger charge is 2.18. The van der Waals surface area contributed by atoms with Gasteiger partial charge in [-0.05, 0) is 64.9 Å². The fourth-order valence-corrected chi connectivity index (χ4v) is 4.96. The monoisotopic (exact) mass is 501 g/mol. The molecule has 2 amide bonds. The average Bonchev–Trinajstić information content (AvgIpc) is 3.31. The molecule has 0 saturated heterocycles. The van der Waals surface area contributed by atoms with Crippen LogP contribution in [0.3, 0.4) is 0 Å². The van der Waals surface area contributed by atoms with E-state index in [0.717, 1.165) is 11.6 Å². The third-order valence-electron chi connectivity index (χ3n) is 4.59. The first-order valence-electron chi connectivity index (χ1n) is 9.59. The Morgan fingerprint density at radius 1 is 0.909 bits per heavy atom. The number of carbonyl (C=O) groups excluding carboxylic acids is 1. The molecule has 168 valence electrons. The van der Waals surface area contributed by atoms with Gasteiger partial charge in [-0.1, -0.05) is 35.9 Å². The van der Waals surface area contributed by atoms with Crippen molar-refractivity contribution in [2.75, 3.05) is 15.4 Å². The van der Waals surface area contributed by atoms with E-state index in [0.29, 0.717) is 11.3 Å². The van der Waals surface area contributed by atoms with Gasteiger partial charge < -0.3 is 10.6 Å². The van der Waals surface area contributed by atoms with Crippen LogP contribution >= 0.6 is 22.9 Å². The number of rotatable bonds is 6. The quantitative estimate of drug-likeness (QED) is 0.276. The average molecular weight is 502 g/mol. The number of urea groups is 1. The third kappa shape index (κ3) is 5.51. The SMILES string of the molecule is O=C(Nc1ccc(F)c(Cl)c1)Nc1cc(S(=O)(=O)Nc2ccccc2)ccc1-c1ccsc1.